The summed E-state index contributed by atoms with van der Waals surface area (Å²) in [5, 5.41) is 3.05. The third kappa shape index (κ3) is 9.56. The zero-order chi connectivity index (χ0) is 20.1. The number of rotatable bonds is 9. The van der Waals surface area contributed by atoms with E-state index in [1.807, 2.05) is 45.2 Å². The predicted molar refractivity (Wildman–Crippen MR) is 116 cm³/mol. The number of aromatic nitrogens is 1. The van der Waals surface area contributed by atoms with Crippen molar-refractivity contribution in [1.29, 1.82) is 0 Å². The molecule has 0 aliphatic heterocycles. The van der Waals surface area contributed by atoms with Crippen LogP contribution in [0.25, 0.3) is 5.70 Å². The van der Waals surface area contributed by atoms with Gasteiger partial charge in [-0.3, -0.25) is 4.98 Å². The Morgan fingerprint density at radius 3 is 2.54 bits per heavy atom. The van der Waals surface area contributed by atoms with Crippen LogP contribution in [0, 0.1) is 19.8 Å². The zero-order valence-corrected chi connectivity index (χ0v) is 18.0. The van der Waals surface area contributed by atoms with Gasteiger partial charge in [0.25, 0.3) is 0 Å². The molecular weight excluding hydrogens is 324 g/mol. The molecule has 0 fully saturated rings. The number of hydrogen-bond donors (Lipinski definition) is 1. The van der Waals surface area contributed by atoms with E-state index in [-0.39, 0.29) is 1.43 Å². The van der Waals surface area contributed by atoms with E-state index in [1.54, 1.807) is 0 Å². The number of hydrogen-bond acceptors (Lipinski definition) is 4. The summed E-state index contributed by atoms with van der Waals surface area (Å²) in [5.41, 5.74) is 4.65. The summed E-state index contributed by atoms with van der Waals surface area (Å²) in [6.07, 6.45) is 2.96. The third-order valence-corrected chi connectivity index (χ3v) is 3.70. The maximum Gasteiger partial charge on any atom is 0.0910 e. The molecule has 0 aliphatic rings. The van der Waals surface area contributed by atoms with Gasteiger partial charge in [-0.2, -0.15) is 0 Å². The molecule has 0 atom stereocenters. The lowest BCUT2D eigenvalue weighted by Gasteiger charge is -2.12. The number of pyridine rings is 1. The van der Waals surface area contributed by atoms with Crippen molar-refractivity contribution in [3.05, 3.63) is 29.6 Å². The maximum atomic E-state index is 5.24. The molecule has 1 aromatic heterocycles. The van der Waals surface area contributed by atoms with Gasteiger partial charge >= 0.3 is 0 Å². The third-order valence-electron chi connectivity index (χ3n) is 3.70. The van der Waals surface area contributed by atoms with E-state index in [4.69, 9.17) is 4.74 Å². The predicted octanol–water partition coefficient (Wildman–Crippen LogP) is 4.82. The van der Waals surface area contributed by atoms with E-state index < -0.39 is 0 Å². The summed E-state index contributed by atoms with van der Waals surface area (Å²) < 4.78 is 5.24. The Hall–Kier alpha value is -1.88. The molecule has 5 heteroatoms. The van der Waals surface area contributed by atoms with Gasteiger partial charge in [0.15, 0.2) is 0 Å². The standard InChI is InChI=1S/C14H22N4.C7H16O.H2/c1-7-18(6)9-16-14-8-13(10(2)15-5)11(3)17-12(14)4;1-4-5-8-6-7(2)3;/h8-9,15H,2,7H2,1,3-6H3;7H,4-6H2,1-3H3;1H. The van der Waals surface area contributed by atoms with Gasteiger partial charge in [-0.05, 0) is 39.2 Å². The number of ether oxygens (including phenoxy) is 1. The van der Waals surface area contributed by atoms with Gasteiger partial charge in [0.05, 0.1) is 17.7 Å². The van der Waals surface area contributed by atoms with Crippen molar-refractivity contribution in [2.24, 2.45) is 10.9 Å². The van der Waals surface area contributed by atoms with E-state index in [0.29, 0.717) is 5.92 Å². The lowest BCUT2D eigenvalue weighted by atomic mass is 10.1. The summed E-state index contributed by atoms with van der Waals surface area (Å²) in [4.78, 5) is 11.0. The summed E-state index contributed by atoms with van der Waals surface area (Å²) in [6.45, 7) is 19.2. The fourth-order valence-electron chi connectivity index (χ4n) is 1.99. The first-order chi connectivity index (χ1) is 12.3. The van der Waals surface area contributed by atoms with Crippen molar-refractivity contribution < 1.29 is 6.16 Å². The summed E-state index contributed by atoms with van der Waals surface area (Å²) in [5.74, 6) is 0.682. The van der Waals surface area contributed by atoms with Crippen LogP contribution >= 0.6 is 0 Å². The van der Waals surface area contributed by atoms with E-state index in [0.717, 1.165) is 54.5 Å². The van der Waals surface area contributed by atoms with Gasteiger partial charge in [-0.1, -0.05) is 27.4 Å². The molecule has 0 saturated heterocycles. The molecule has 0 aliphatic carbocycles. The molecule has 1 rings (SSSR count). The second-order valence-corrected chi connectivity index (χ2v) is 6.74. The Kier molecular flexibility index (Phi) is 12.4. The highest BCUT2D eigenvalue weighted by Crippen LogP contribution is 2.23. The highest BCUT2D eigenvalue weighted by molar-refractivity contribution is 5.69. The average Bonchev–Trinajstić information content (AvgIpc) is 2.60. The molecule has 1 aromatic rings. The SMILES string of the molecule is C=C(NC)c1cc(N=CN(C)CC)c(C)nc1C.CCCOCC(C)C.[HH]. The first-order valence-electron chi connectivity index (χ1n) is 9.44. The highest BCUT2D eigenvalue weighted by atomic mass is 16.5. The minimum absolute atomic E-state index is 0. The average molecular weight is 365 g/mol. The fourth-order valence-corrected chi connectivity index (χ4v) is 1.99. The molecule has 0 aromatic carbocycles. The Labute approximate surface area is 162 Å². The molecule has 0 unspecified atom stereocenters. The summed E-state index contributed by atoms with van der Waals surface area (Å²) in [7, 11) is 3.85. The molecule has 26 heavy (non-hydrogen) atoms. The molecular formula is C21H40N4O. The van der Waals surface area contributed by atoms with Gasteiger partial charge in [0.2, 0.25) is 0 Å². The number of aryl methyl sites for hydroxylation is 2. The molecule has 1 heterocycles. The van der Waals surface area contributed by atoms with Gasteiger partial charge in [0, 0.05) is 52.2 Å². The molecule has 0 amide bonds. The lowest BCUT2D eigenvalue weighted by molar-refractivity contribution is 0.110. The Morgan fingerprint density at radius 1 is 1.38 bits per heavy atom. The maximum absolute atomic E-state index is 5.24. The van der Waals surface area contributed by atoms with E-state index >= 15 is 0 Å². The van der Waals surface area contributed by atoms with Crippen molar-refractivity contribution in [2.75, 3.05) is 33.9 Å². The second-order valence-electron chi connectivity index (χ2n) is 6.74. The quantitative estimate of drug-likeness (QED) is 0.388. The van der Waals surface area contributed by atoms with E-state index in [1.165, 1.54) is 0 Å². The van der Waals surface area contributed by atoms with Gasteiger partial charge in [-0.15, -0.1) is 0 Å². The topological polar surface area (TPSA) is 49.8 Å². The van der Waals surface area contributed by atoms with Crippen LogP contribution in [-0.4, -0.2) is 50.1 Å². The first-order valence-corrected chi connectivity index (χ1v) is 9.44. The Morgan fingerprint density at radius 2 is 2.04 bits per heavy atom. The zero-order valence-electron chi connectivity index (χ0n) is 18.0. The van der Waals surface area contributed by atoms with Crippen LogP contribution in [-0.2, 0) is 4.74 Å². The van der Waals surface area contributed by atoms with Crippen LogP contribution in [0.4, 0.5) is 5.69 Å². The fraction of sp³-hybridized carbons (Fsp3) is 0.619. The minimum Gasteiger partial charge on any atom is -0.388 e. The summed E-state index contributed by atoms with van der Waals surface area (Å²) >= 11 is 0. The smallest absolute Gasteiger partial charge is 0.0910 e. The number of nitrogens with zero attached hydrogens (tertiary/aromatic N) is 3. The largest absolute Gasteiger partial charge is 0.388 e. The van der Waals surface area contributed by atoms with Crippen LogP contribution in [0.3, 0.4) is 0 Å². The lowest BCUT2D eigenvalue weighted by Crippen LogP contribution is -2.14. The van der Waals surface area contributed by atoms with Gasteiger partial charge < -0.3 is 15.0 Å². The van der Waals surface area contributed by atoms with Gasteiger partial charge in [0.1, 0.15) is 0 Å². The monoisotopic (exact) mass is 364 g/mol. The first kappa shape index (κ1) is 24.1. The van der Waals surface area contributed by atoms with E-state index in [2.05, 4.69) is 49.6 Å². The molecule has 150 valence electrons. The number of nitrogens with one attached hydrogen (secondary N) is 1. The van der Waals surface area contributed by atoms with Crippen molar-refractivity contribution in [3.8, 4) is 0 Å². The highest BCUT2D eigenvalue weighted by Gasteiger charge is 2.07. The minimum atomic E-state index is 0. The Bertz CT molecular complexity index is 574. The molecule has 0 spiro atoms. The number of aliphatic imine (C=N–C) groups is 1. The molecule has 0 radical (unpaired) electrons. The van der Waals surface area contributed by atoms with Crippen molar-refractivity contribution in [2.45, 2.75) is 48.0 Å². The normalized spacial score (nSPS) is 10.7. The van der Waals surface area contributed by atoms with Crippen molar-refractivity contribution in [3.63, 3.8) is 0 Å². The van der Waals surface area contributed by atoms with Crippen LogP contribution in [0.2, 0.25) is 0 Å². The van der Waals surface area contributed by atoms with Crippen LogP contribution < -0.4 is 5.32 Å². The molecule has 0 bridgehead atoms. The molecule has 0 saturated carbocycles. The van der Waals surface area contributed by atoms with E-state index in [9.17, 15) is 0 Å². The van der Waals surface area contributed by atoms with Crippen LogP contribution in [0.5, 0.6) is 0 Å². The second kappa shape index (κ2) is 13.3. The Balaban J connectivity index is 0. The van der Waals surface area contributed by atoms with Crippen molar-refractivity contribution in [1.82, 2.24) is 15.2 Å². The van der Waals surface area contributed by atoms with Crippen molar-refractivity contribution >= 4 is 17.7 Å². The van der Waals surface area contributed by atoms with Crippen LogP contribution in [0.1, 0.15) is 52.5 Å². The summed E-state index contributed by atoms with van der Waals surface area (Å²) in [6, 6.07) is 2.02. The van der Waals surface area contributed by atoms with Gasteiger partial charge in [-0.25, -0.2) is 4.99 Å². The van der Waals surface area contributed by atoms with Crippen LogP contribution in [0.15, 0.2) is 17.6 Å². The molecule has 5 nitrogen and oxygen atoms in total. The molecule has 1 N–H and O–H groups in total.